The summed E-state index contributed by atoms with van der Waals surface area (Å²) in [6.45, 7) is 1.05. The second-order valence-corrected chi connectivity index (χ2v) is 7.02. The van der Waals surface area contributed by atoms with Crippen LogP contribution < -0.4 is 4.90 Å². The summed E-state index contributed by atoms with van der Waals surface area (Å²) in [7, 11) is -2.94. The number of rotatable bonds is 2. The summed E-state index contributed by atoms with van der Waals surface area (Å²) < 4.78 is 23.1. The van der Waals surface area contributed by atoms with Gasteiger partial charge >= 0.3 is 0 Å². The second kappa shape index (κ2) is 5.59. The van der Waals surface area contributed by atoms with Crippen LogP contribution in [0.1, 0.15) is 12.0 Å². The predicted molar refractivity (Wildman–Crippen MR) is 72.1 cm³/mol. The van der Waals surface area contributed by atoms with Gasteiger partial charge in [-0.3, -0.25) is 0 Å². The van der Waals surface area contributed by atoms with Gasteiger partial charge in [-0.25, -0.2) is 18.4 Å². The highest BCUT2D eigenvalue weighted by Gasteiger charge is 2.22. The van der Waals surface area contributed by atoms with Crippen molar-refractivity contribution < 1.29 is 8.42 Å². The molecule has 1 aliphatic rings. The lowest BCUT2D eigenvalue weighted by Crippen LogP contribution is -2.28. The van der Waals surface area contributed by atoms with Gasteiger partial charge in [0.05, 0.1) is 17.4 Å². The summed E-state index contributed by atoms with van der Waals surface area (Å²) in [6, 6.07) is 0. The molecule has 0 aliphatic carbocycles. The Morgan fingerprint density at radius 3 is 2.78 bits per heavy atom. The molecule has 0 bridgehead atoms. The molecule has 5 nitrogen and oxygen atoms in total. The first-order chi connectivity index (χ1) is 8.53. The molecule has 100 valence electrons. The number of hydrogen-bond acceptors (Lipinski definition) is 5. The van der Waals surface area contributed by atoms with Crippen LogP contribution in [-0.2, 0) is 15.7 Å². The van der Waals surface area contributed by atoms with Gasteiger partial charge in [0.1, 0.15) is 17.3 Å². The van der Waals surface area contributed by atoms with Gasteiger partial charge in [-0.15, -0.1) is 11.6 Å². The highest BCUT2D eigenvalue weighted by atomic mass is 35.5. The maximum Gasteiger partial charge on any atom is 0.152 e. The van der Waals surface area contributed by atoms with Crippen molar-refractivity contribution in [2.24, 2.45) is 0 Å². The zero-order valence-electron chi connectivity index (χ0n) is 9.64. The Bertz CT molecular complexity index is 536. The summed E-state index contributed by atoms with van der Waals surface area (Å²) in [4.78, 5) is 9.97. The van der Waals surface area contributed by atoms with Gasteiger partial charge in [0, 0.05) is 18.7 Å². The molecule has 0 unspecified atom stereocenters. The molecule has 2 rings (SSSR count). The van der Waals surface area contributed by atoms with Crippen LogP contribution in [-0.4, -0.2) is 43.0 Å². The van der Waals surface area contributed by atoms with Crippen molar-refractivity contribution in [1.82, 2.24) is 9.97 Å². The van der Waals surface area contributed by atoms with Crippen molar-refractivity contribution in [2.45, 2.75) is 12.3 Å². The van der Waals surface area contributed by atoms with E-state index in [1.54, 1.807) is 0 Å². The van der Waals surface area contributed by atoms with Crippen molar-refractivity contribution in [1.29, 1.82) is 0 Å². The van der Waals surface area contributed by atoms with Gasteiger partial charge in [-0.1, -0.05) is 11.6 Å². The summed E-state index contributed by atoms with van der Waals surface area (Å²) in [5.74, 6) is 1.20. The monoisotopic (exact) mass is 309 g/mol. The fourth-order valence-corrected chi connectivity index (χ4v) is 3.70. The largest absolute Gasteiger partial charge is 0.355 e. The molecule has 2 heterocycles. The van der Waals surface area contributed by atoms with E-state index in [4.69, 9.17) is 23.2 Å². The van der Waals surface area contributed by atoms with Crippen LogP contribution in [0.3, 0.4) is 0 Å². The molecule has 1 aromatic heterocycles. The number of halogens is 2. The van der Waals surface area contributed by atoms with Crippen LogP contribution in [0.15, 0.2) is 6.33 Å². The third kappa shape index (κ3) is 3.05. The number of aromatic nitrogens is 2. The summed E-state index contributed by atoms with van der Waals surface area (Å²) in [5.41, 5.74) is 0.653. The molecule has 8 heteroatoms. The lowest BCUT2D eigenvalue weighted by atomic mass is 10.3. The van der Waals surface area contributed by atoms with E-state index in [1.165, 1.54) is 6.33 Å². The van der Waals surface area contributed by atoms with Crippen LogP contribution in [0.2, 0.25) is 5.15 Å². The molecular weight excluding hydrogens is 297 g/mol. The molecule has 1 aliphatic heterocycles. The van der Waals surface area contributed by atoms with Crippen molar-refractivity contribution in [3.05, 3.63) is 17.0 Å². The first-order valence-corrected chi connectivity index (χ1v) is 8.27. The van der Waals surface area contributed by atoms with Gasteiger partial charge in [0.15, 0.2) is 9.84 Å². The zero-order chi connectivity index (χ0) is 13.2. The Hall–Kier alpha value is -0.590. The Balaban J connectivity index is 2.29. The lowest BCUT2D eigenvalue weighted by Gasteiger charge is -2.23. The molecule has 0 atom stereocenters. The number of anilines is 1. The Kier molecular flexibility index (Phi) is 4.29. The fourth-order valence-electron chi connectivity index (χ4n) is 1.92. The number of alkyl halides is 1. The van der Waals surface area contributed by atoms with E-state index >= 15 is 0 Å². The fraction of sp³-hybridized carbons (Fsp3) is 0.600. The summed E-state index contributed by atoms with van der Waals surface area (Å²) in [6.07, 6.45) is 1.96. The third-order valence-corrected chi connectivity index (χ3v) is 5.17. The van der Waals surface area contributed by atoms with E-state index in [9.17, 15) is 8.42 Å². The van der Waals surface area contributed by atoms with E-state index in [1.807, 2.05) is 4.90 Å². The molecule has 1 aromatic rings. The molecule has 0 amide bonds. The Labute approximate surface area is 116 Å². The normalized spacial score (nSPS) is 19.6. The number of hydrogen-bond donors (Lipinski definition) is 0. The minimum atomic E-state index is -2.94. The summed E-state index contributed by atoms with van der Waals surface area (Å²) >= 11 is 11.8. The zero-order valence-corrected chi connectivity index (χ0v) is 12.0. The van der Waals surface area contributed by atoms with Gasteiger partial charge in [0.25, 0.3) is 0 Å². The number of sulfone groups is 1. The SMILES string of the molecule is O=S1(=O)CCCN(c2ncnc(Cl)c2CCl)CC1. The Morgan fingerprint density at radius 2 is 2.06 bits per heavy atom. The smallest absolute Gasteiger partial charge is 0.152 e. The predicted octanol–water partition coefficient (Wildman–Crippen LogP) is 1.49. The molecule has 1 fully saturated rings. The maximum atomic E-state index is 11.6. The molecule has 0 radical (unpaired) electrons. The van der Waals surface area contributed by atoms with Gasteiger partial charge in [-0.05, 0) is 6.42 Å². The molecule has 0 N–H and O–H groups in total. The topological polar surface area (TPSA) is 63.2 Å². The highest BCUT2D eigenvalue weighted by Crippen LogP contribution is 2.26. The van der Waals surface area contributed by atoms with Crippen LogP contribution in [0, 0.1) is 0 Å². The lowest BCUT2D eigenvalue weighted by molar-refractivity contribution is 0.597. The summed E-state index contributed by atoms with van der Waals surface area (Å²) in [5, 5.41) is 0.321. The van der Waals surface area contributed by atoms with E-state index in [2.05, 4.69) is 9.97 Å². The third-order valence-electron chi connectivity index (χ3n) is 2.86. The van der Waals surface area contributed by atoms with Crippen LogP contribution in [0.25, 0.3) is 0 Å². The van der Waals surface area contributed by atoms with Crippen molar-refractivity contribution in [3.8, 4) is 0 Å². The average Bonchev–Trinajstić information content (AvgIpc) is 2.50. The molecule has 0 aromatic carbocycles. The van der Waals surface area contributed by atoms with E-state index in [0.717, 1.165) is 0 Å². The quantitative estimate of drug-likeness (QED) is 0.612. The van der Waals surface area contributed by atoms with E-state index in [-0.39, 0.29) is 17.4 Å². The van der Waals surface area contributed by atoms with Crippen LogP contribution in [0.4, 0.5) is 5.82 Å². The number of nitrogens with zero attached hydrogens (tertiary/aromatic N) is 3. The molecule has 1 saturated heterocycles. The van der Waals surface area contributed by atoms with Crippen molar-refractivity contribution in [3.63, 3.8) is 0 Å². The first kappa shape index (κ1) is 13.8. The van der Waals surface area contributed by atoms with E-state index in [0.29, 0.717) is 36.0 Å². The first-order valence-electron chi connectivity index (χ1n) is 5.54. The molecule has 18 heavy (non-hydrogen) atoms. The van der Waals surface area contributed by atoms with Crippen LogP contribution >= 0.6 is 23.2 Å². The maximum absolute atomic E-state index is 11.6. The van der Waals surface area contributed by atoms with Gasteiger partial charge < -0.3 is 4.90 Å². The average molecular weight is 310 g/mol. The molecule has 0 spiro atoms. The minimum absolute atomic E-state index is 0.135. The van der Waals surface area contributed by atoms with Crippen LogP contribution in [0.5, 0.6) is 0 Å². The molecular formula is C10H13Cl2N3O2S. The van der Waals surface area contributed by atoms with Gasteiger partial charge in [-0.2, -0.15) is 0 Å². The highest BCUT2D eigenvalue weighted by molar-refractivity contribution is 7.91. The minimum Gasteiger partial charge on any atom is -0.355 e. The Morgan fingerprint density at radius 1 is 1.28 bits per heavy atom. The van der Waals surface area contributed by atoms with E-state index < -0.39 is 9.84 Å². The standard InChI is InChI=1S/C10H13Cl2N3O2S/c11-6-8-9(12)13-7-14-10(8)15-2-1-4-18(16,17)5-3-15/h7H,1-6H2. The van der Waals surface area contributed by atoms with Crippen molar-refractivity contribution >= 4 is 38.9 Å². The second-order valence-electron chi connectivity index (χ2n) is 4.09. The van der Waals surface area contributed by atoms with Gasteiger partial charge in [0.2, 0.25) is 0 Å². The van der Waals surface area contributed by atoms with Crippen molar-refractivity contribution in [2.75, 3.05) is 29.5 Å². The molecule has 0 saturated carbocycles.